The van der Waals surface area contributed by atoms with Gasteiger partial charge >= 0.3 is 0 Å². The van der Waals surface area contributed by atoms with Gasteiger partial charge in [-0.2, -0.15) is 0 Å². The van der Waals surface area contributed by atoms with Crippen LogP contribution in [0.15, 0.2) is 0 Å². The van der Waals surface area contributed by atoms with Gasteiger partial charge in [0.1, 0.15) is 0 Å². The fourth-order valence-corrected chi connectivity index (χ4v) is 1.90. The van der Waals surface area contributed by atoms with Gasteiger partial charge in [-0.3, -0.25) is 4.79 Å². The second-order valence-corrected chi connectivity index (χ2v) is 4.03. The molecule has 0 aromatic rings. The van der Waals surface area contributed by atoms with Crippen molar-refractivity contribution < 1.29 is 4.79 Å². The van der Waals surface area contributed by atoms with Crippen LogP contribution in [0.1, 0.15) is 51.9 Å². The molecule has 14 heavy (non-hydrogen) atoms. The summed E-state index contributed by atoms with van der Waals surface area (Å²) in [6.07, 6.45) is 9.95. The van der Waals surface area contributed by atoms with E-state index in [1.165, 1.54) is 19.3 Å². The summed E-state index contributed by atoms with van der Waals surface area (Å²) in [4.78, 5) is 13.7. The molecule has 0 saturated carbocycles. The quantitative estimate of drug-likeness (QED) is 0.619. The topological polar surface area (TPSA) is 20.3 Å². The second kappa shape index (κ2) is 6.86. The van der Waals surface area contributed by atoms with E-state index in [0.717, 1.165) is 38.8 Å². The van der Waals surface area contributed by atoms with Gasteiger partial charge in [-0.1, -0.05) is 13.3 Å². The molecule has 1 aliphatic heterocycles. The standard InChI is InChI=1S/C12H22NO/c1-2-3-4-6-9-12(14)13-10-7-5-8-11-13/h3H,2,4-11H2,1H3. The first-order valence-corrected chi connectivity index (χ1v) is 5.94. The highest BCUT2D eigenvalue weighted by atomic mass is 16.2. The van der Waals surface area contributed by atoms with Crippen molar-refractivity contribution in [3.05, 3.63) is 6.42 Å². The maximum Gasteiger partial charge on any atom is 0.222 e. The number of carbonyl (C=O) groups is 1. The SMILES string of the molecule is CC[CH]CCCC(=O)N1CCCCC1. The average molecular weight is 196 g/mol. The first-order valence-electron chi connectivity index (χ1n) is 5.94. The van der Waals surface area contributed by atoms with Crippen molar-refractivity contribution in [2.24, 2.45) is 0 Å². The van der Waals surface area contributed by atoms with Crippen LogP contribution < -0.4 is 0 Å². The van der Waals surface area contributed by atoms with Crippen LogP contribution in [0.2, 0.25) is 0 Å². The zero-order valence-corrected chi connectivity index (χ0v) is 9.30. The van der Waals surface area contributed by atoms with Crippen LogP contribution in [0.5, 0.6) is 0 Å². The monoisotopic (exact) mass is 196 g/mol. The Bertz CT molecular complexity index is 162. The lowest BCUT2D eigenvalue weighted by atomic mass is 10.1. The highest BCUT2D eigenvalue weighted by Gasteiger charge is 2.15. The average Bonchev–Trinajstić information content (AvgIpc) is 2.25. The third-order valence-corrected chi connectivity index (χ3v) is 2.80. The Hall–Kier alpha value is -0.530. The third-order valence-electron chi connectivity index (χ3n) is 2.80. The number of carbonyl (C=O) groups excluding carboxylic acids is 1. The number of hydrogen-bond donors (Lipinski definition) is 0. The highest BCUT2D eigenvalue weighted by Crippen LogP contribution is 2.11. The maximum atomic E-state index is 11.7. The van der Waals surface area contributed by atoms with Crippen molar-refractivity contribution in [3.63, 3.8) is 0 Å². The van der Waals surface area contributed by atoms with Crippen molar-refractivity contribution in [3.8, 4) is 0 Å². The molecule has 0 aromatic heterocycles. The molecule has 1 radical (unpaired) electrons. The van der Waals surface area contributed by atoms with Gasteiger partial charge in [0, 0.05) is 19.5 Å². The molecular weight excluding hydrogens is 174 g/mol. The zero-order chi connectivity index (χ0) is 10.2. The Labute approximate surface area is 87.7 Å². The second-order valence-electron chi connectivity index (χ2n) is 4.03. The van der Waals surface area contributed by atoms with Crippen molar-refractivity contribution in [1.29, 1.82) is 0 Å². The normalized spacial score (nSPS) is 17.1. The lowest BCUT2D eigenvalue weighted by Crippen LogP contribution is -2.35. The Balaban J connectivity index is 2.07. The number of rotatable bonds is 5. The van der Waals surface area contributed by atoms with Gasteiger partial charge in [0.15, 0.2) is 0 Å². The van der Waals surface area contributed by atoms with Crippen LogP contribution in [0.4, 0.5) is 0 Å². The molecule has 0 aliphatic carbocycles. The number of hydrogen-bond acceptors (Lipinski definition) is 1. The summed E-state index contributed by atoms with van der Waals surface area (Å²) in [7, 11) is 0. The van der Waals surface area contributed by atoms with E-state index in [9.17, 15) is 4.79 Å². The van der Waals surface area contributed by atoms with Crippen LogP contribution >= 0.6 is 0 Å². The molecule has 1 amide bonds. The van der Waals surface area contributed by atoms with Gasteiger partial charge in [-0.05, 0) is 38.5 Å². The van der Waals surface area contributed by atoms with E-state index in [4.69, 9.17) is 0 Å². The van der Waals surface area contributed by atoms with Crippen LogP contribution in [0, 0.1) is 6.42 Å². The molecule has 1 saturated heterocycles. The maximum absolute atomic E-state index is 11.7. The Morgan fingerprint density at radius 1 is 1.29 bits per heavy atom. The summed E-state index contributed by atoms with van der Waals surface area (Å²) < 4.78 is 0. The molecule has 1 fully saturated rings. The number of unbranched alkanes of at least 4 members (excludes halogenated alkanes) is 3. The Morgan fingerprint density at radius 2 is 2.00 bits per heavy atom. The van der Waals surface area contributed by atoms with E-state index in [1.54, 1.807) is 0 Å². The minimum absolute atomic E-state index is 0.370. The number of nitrogens with zero attached hydrogens (tertiary/aromatic N) is 1. The van der Waals surface area contributed by atoms with Crippen molar-refractivity contribution in [2.45, 2.75) is 51.9 Å². The summed E-state index contributed by atoms with van der Waals surface area (Å²) in [5.74, 6) is 0.370. The molecule has 81 valence electrons. The summed E-state index contributed by atoms with van der Waals surface area (Å²) in [6, 6.07) is 0. The lowest BCUT2D eigenvalue weighted by Gasteiger charge is -2.26. The van der Waals surface area contributed by atoms with E-state index in [1.807, 2.05) is 4.90 Å². The smallest absolute Gasteiger partial charge is 0.222 e. The van der Waals surface area contributed by atoms with E-state index < -0.39 is 0 Å². The first-order chi connectivity index (χ1) is 6.84. The molecule has 0 unspecified atom stereocenters. The van der Waals surface area contributed by atoms with Crippen LogP contribution in [0.3, 0.4) is 0 Å². The molecule has 1 rings (SSSR count). The molecule has 0 bridgehead atoms. The van der Waals surface area contributed by atoms with Crippen LogP contribution in [-0.4, -0.2) is 23.9 Å². The highest BCUT2D eigenvalue weighted by molar-refractivity contribution is 5.76. The molecule has 1 heterocycles. The predicted octanol–water partition coefficient (Wildman–Crippen LogP) is 2.78. The lowest BCUT2D eigenvalue weighted by molar-refractivity contribution is -0.132. The summed E-state index contributed by atoms with van der Waals surface area (Å²) in [5, 5.41) is 0. The molecule has 2 nitrogen and oxygen atoms in total. The van der Waals surface area contributed by atoms with Gasteiger partial charge in [0.05, 0.1) is 0 Å². The van der Waals surface area contributed by atoms with E-state index in [-0.39, 0.29) is 0 Å². The van der Waals surface area contributed by atoms with Gasteiger partial charge in [-0.15, -0.1) is 0 Å². The minimum atomic E-state index is 0.370. The molecule has 1 aliphatic rings. The summed E-state index contributed by atoms with van der Waals surface area (Å²) in [6.45, 7) is 4.14. The van der Waals surface area contributed by atoms with E-state index >= 15 is 0 Å². The summed E-state index contributed by atoms with van der Waals surface area (Å²) in [5.41, 5.74) is 0. The molecule has 0 spiro atoms. The summed E-state index contributed by atoms with van der Waals surface area (Å²) >= 11 is 0. The van der Waals surface area contributed by atoms with Gasteiger partial charge < -0.3 is 4.90 Å². The van der Waals surface area contributed by atoms with Gasteiger partial charge in [-0.25, -0.2) is 0 Å². The van der Waals surface area contributed by atoms with Crippen LogP contribution in [0.25, 0.3) is 0 Å². The van der Waals surface area contributed by atoms with E-state index in [0.29, 0.717) is 5.91 Å². The zero-order valence-electron chi connectivity index (χ0n) is 9.30. The van der Waals surface area contributed by atoms with Crippen molar-refractivity contribution in [2.75, 3.05) is 13.1 Å². The molecular formula is C12H22NO. The van der Waals surface area contributed by atoms with Crippen molar-refractivity contribution >= 4 is 5.91 Å². The van der Waals surface area contributed by atoms with Gasteiger partial charge in [0.25, 0.3) is 0 Å². The molecule has 0 atom stereocenters. The fraction of sp³-hybridized carbons (Fsp3) is 0.833. The number of piperidine rings is 1. The Kier molecular flexibility index (Phi) is 5.65. The van der Waals surface area contributed by atoms with Gasteiger partial charge in [0.2, 0.25) is 5.91 Å². The third kappa shape index (κ3) is 4.12. The Morgan fingerprint density at radius 3 is 2.64 bits per heavy atom. The van der Waals surface area contributed by atoms with Crippen molar-refractivity contribution in [1.82, 2.24) is 4.90 Å². The number of amides is 1. The number of likely N-dealkylation sites (tertiary alicyclic amines) is 1. The predicted molar refractivity (Wildman–Crippen MR) is 58.9 cm³/mol. The fourth-order valence-electron chi connectivity index (χ4n) is 1.90. The molecule has 0 N–H and O–H groups in total. The molecule has 0 aromatic carbocycles. The first kappa shape index (κ1) is 11.5. The van der Waals surface area contributed by atoms with E-state index in [2.05, 4.69) is 13.3 Å². The molecule has 2 heteroatoms. The minimum Gasteiger partial charge on any atom is -0.343 e. The largest absolute Gasteiger partial charge is 0.343 e. The van der Waals surface area contributed by atoms with Crippen LogP contribution in [-0.2, 0) is 4.79 Å².